The van der Waals surface area contributed by atoms with E-state index in [1.165, 1.54) is 11.6 Å². The number of hydrogen-bond acceptors (Lipinski definition) is 2. The van der Waals surface area contributed by atoms with E-state index in [0.29, 0.717) is 11.3 Å². The van der Waals surface area contributed by atoms with Crippen LogP contribution in [0.2, 0.25) is 0 Å². The molecule has 4 heteroatoms. The molecule has 0 aliphatic carbocycles. The molecule has 0 aliphatic heterocycles. The maximum Gasteiger partial charge on any atom is 0.159 e. The maximum absolute atomic E-state index is 13.1. The van der Waals surface area contributed by atoms with Gasteiger partial charge in [0.2, 0.25) is 0 Å². The third-order valence-corrected chi connectivity index (χ3v) is 3.26. The van der Waals surface area contributed by atoms with E-state index >= 15 is 0 Å². The summed E-state index contributed by atoms with van der Waals surface area (Å²) in [6, 6.07) is 11.0. The van der Waals surface area contributed by atoms with Gasteiger partial charge < -0.3 is 10.5 Å². The number of ether oxygens (including phenoxy) is 1. The predicted octanol–water partition coefficient (Wildman–Crippen LogP) is 4.00. The van der Waals surface area contributed by atoms with E-state index in [1.807, 2.05) is 24.3 Å². The number of nitrogens with two attached hydrogens (primary N) is 1. The molecular weight excluding hydrogens is 272 g/mol. The van der Waals surface area contributed by atoms with Crippen LogP contribution in [-0.2, 0) is 6.42 Å². The van der Waals surface area contributed by atoms with Crippen LogP contribution < -0.4 is 10.5 Å². The summed E-state index contributed by atoms with van der Waals surface area (Å²) in [5.41, 5.74) is 7.69. The van der Waals surface area contributed by atoms with Crippen molar-refractivity contribution >= 4 is 0 Å². The predicted molar refractivity (Wildman–Crippen MR) is 79.2 cm³/mol. The SMILES string of the molecule is CCCc1ccc(OCC(N)c2ccc(F)c(F)c2)cc1. The van der Waals surface area contributed by atoms with Crippen molar-refractivity contribution in [2.45, 2.75) is 25.8 Å². The molecule has 0 aromatic heterocycles. The summed E-state index contributed by atoms with van der Waals surface area (Å²) in [6.45, 7) is 2.34. The van der Waals surface area contributed by atoms with E-state index in [2.05, 4.69) is 6.92 Å². The Kier molecular flexibility index (Phi) is 5.28. The first-order valence-electron chi connectivity index (χ1n) is 7.02. The van der Waals surface area contributed by atoms with Crippen LogP contribution >= 0.6 is 0 Å². The van der Waals surface area contributed by atoms with Gasteiger partial charge in [0.25, 0.3) is 0 Å². The van der Waals surface area contributed by atoms with Crippen molar-refractivity contribution in [1.82, 2.24) is 0 Å². The molecule has 0 heterocycles. The molecule has 0 bridgehead atoms. The smallest absolute Gasteiger partial charge is 0.159 e. The molecule has 112 valence electrons. The number of halogens is 2. The van der Waals surface area contributed by atoms with Gasteiger partial charge in [-0.05, 0) is 41.8 Å². The first kappa shape index (κ1) is 15.4. The van der Waals surface area contributed by atoms with Crippen molar-refractivity contribution in [2.24, 2.45) is 5.73 Å². The molecule has 2 aromatic carbocycles. The summed E-state index contributed by atoms with van der Waals surface area (Å²) >= 11 is 0. The topological polar surface area (TPSA) is 35.2 Å². The zero-order valence-corrected chi connectivity index (χ0v) is 12.0. The number of hydrogen-bond donors (Lipinski definition) is 1. The zero-order valence-electron chi connectivity index (χ0n) is 12.0. The van der Waals surface area contributed by atoms with Crippen molar-refractivity contribution in [2.75, 3.05) is 6.61 Å². The highest BCUT2D eigenvalue weighted by molar-refractivity contribution is 5.28. The van der Waals surface area contributed by atoms with E-state index in [9.17, 15) is 8.78 Å². The Morgan fingerprint density at radius 2 is 1.76 bits per heavy atom. The van der Waals surface area contributed by atoms with Crippen LogP contribution in [0.4, 0.5) is 8.78 Å². The van der Waals surface area contributed by atoms with E-state index in [0.717, 1.165) is 25.0 Å². The minimum absolute atomic E-state index is 0.207. The summed E-state index contributed by atoms with van der Waals surface area (Å²) in [5.74, 6) is -1.06. The Morgan fingerprint density at radius 3 is 2.38 bits per heavy atom. The van der Waals surface area contributed by atoms with Gasteiger partial charge in [0.1, 0.15) is 12.4 Å². The lowest BCUT2D eigenvalue weighted by Crippen LogP contribution is -2.19. The monoisotopic (exact) mass is 291 g/mol. The molecule has 2 rings (SSSR count). The lowest BCUT2D eigenvalue weighted by Gasteiger charge is -2.14. The Hall–Kier alpha value is -1.94. The van der Waals surface area contributed by atoms with E-state index in [4.69, 9.17) is 10.5 Å². The average molecular weight is 291 g/mol. The fourth-order valence-corrected chi connectivity index (χ4v) is 2.07. The van der Waals surface area contributed by atoms with Gasteiger partial charge in [0, 0.05) is 0 Å². The lowest BCUT2D eigenvalue weighted by atomic mass is 10.1. The van der Waals surface area contributed by atoms with Gasteiger partial charge in [0.15, 0.2) is 11.6 Å². The van der Waals surface area contributed by atoms with Crippen molar-refractivity contribution in [3.05, 3.63) is 65.2 Å². The van der Waals surface area contributed by atoms with Gasteiger partial charge in [0.05, 0.1) is 6.04 Å². The third-order valence-electron chi connectivity index (χ3n) is 3.26. The number of rotatable bonds is 6. The zero-order chi connectivity index (χ0) is 15.2. The van der Waals surface area contributed by atoms with Crippen LogP contribution in [-0.4, -0.2) is 6.61 Å². The second kappa shape index (κ2) is 7.18. The molecule has 2 aromatic rings. The fraction of sp³-hybridized carbons (Fsp3) is 0.294. The average Bonchev–Trinajstić information content (AvgIpc) is 2.49. The van der Waals surface area contributed by atoms with Gasteiger partial charge in [-0.1, -0.05) is 31.5 Å². The summed E-state index contributed by atoms with van der Waals surface area (Å²) in [6.07, 6.45) is 2.13. The lowest BCUT2D eigenvalue weighted by molar-refractivity contribution is 0.290. The molecule has 0 fully saturated rings. The molecule has 1 unspecified atom stereocenters. The molecule has 1 atom stereocenters. The van der Waals surface area contributed by atoms with Crippen LogP contribution in [0.25, 0.3) is 0 Å². The van der Waals surface area contributed by atoms with Crippen molar-refractivity contribution in [1.29, 1.82) is 0 Å². The van der Waals surface area contributed by atoms with Gasteiger partial charge in [-0.2, -0.15) is 0 Å². The van der Waals surface area contributed by atoms with Crippen molar-refractivity contribution in [3.63, 3.8) is 0 Å². The van der Waals surface area contributed by atoms with Gasteiger partial charge in [-0.25, -0.2) is 8.78 Å². The van der Waals surface area contributed by atoms with Crippen LogP contribution in [0.1, 0.15) is 30.5 Å². The first-order chi connectivity index (χ1) is 10.1. The van der Waals surface area contributed by atoms with E-state index < -0.39 is 17.7 Å². The van der Waals surface area contributed by atoms with E-state index in [1.54, 1.807) is 0 Å². The highest BCUT2D eigenvalue weighted by atomic mass is 19.2. The van der Waals surface area contributed by atoms with Crippen molar-refractivity contribution < 1.29 is 13.5 Å². The largest absolute Gasteiger partial charge is 0.492 e. The Morgan fingerprint density at radius 1 is 1.05 bits per heavy atom. The van der Waals surface area contributed by atoms with Crippen LogP contribution in [0.15, 0.2) is 42.5 Å². The number of benzene rings is 2. The minimum Gasteiger partial charge on any atom is -0.492 e. The van der Waals surface area contributed by atoms with Crippen LogP contribution in [0.3, 0.4) is 0 Å². The first-order valence-corrected chi connectivity index (χ1v) is 7.02. The van der Waals surface area contributed by atoms with Crippen LogP contribution in [0, 0.1) is 11.6 Å². The summed E-state index contributed by atoms with van der Waals surface area (Å²) < 4.78 is 31.6. The molecule has 0 radical (unpaired) electrons. The second-order valence-corrected chi connectivity index (χ2v) is 4.98. The van der Waals surface area contributed by atoms with Gasteiger partial charge >= 0.3 is 0 Å². The highest BCUT2D eigenvalue weighted by Gasteiger charge is 2.10. The quantitative estimate of drug-likeness (QED) is 0.873. The standard InChI is InChI=1S/C17H19F2NO/c1-2-3-12-4-7-14(8-5-12)21-11-17(20)13-6-9-15(18)16(19)10-13/h4-10,17H,2-3,11,20H2,1H3. The summed E-state index contributed by atoms with van der Waals surface area (Å²) in [5, 5.41) is 0. The minimum atomic E-state index is -0.896. The fourth-order valence-electron chi connectivity index (χ4n) is 2.07. The van der Waals surface area contributed by atoms with Gasteiger partial charge in [-0.15, -0.1) is 0 Å². The molecule has 0 aliphatic rings. The van der Waals surface area contributed by atoms with Crippen LogP contribution in [0.5, 0.6) is 5.75 Å². The van der Waals surface area contributed by atoms with E-state index in [-0.39, 0.29) is 6.61 Å². The second-order valence-electron chi connectivity index (χ2n) is 4.98. The molecular formula is C17H19F2NO. The molecule has 2 nitrogen and oxygen atoms in total. The normalized spacial score (nSPS) is 12.2. The molecule has 21 heavy (non-hydrogen) atoms. The number of aryl methyl sites for hydroxylation is 1. The molecule has 0 saturated carbocycles. The third kappa shape index (κ3) is 4.26. The Balaban J connectivity index is 1.93. The highest BCUT2D eigenvalue weighted by Crippen LogP contribution is 2.18. The summed E-state index contributed by atoms with van der Waals surface area (Å²) in [4.78, 5) is 0. The molecule has 0 saturated heterocycles. The molecule has 2 N–H and O–H groups in total. The molecule has 0 amide bonds. The Bertz CT molecular complexity index is 584. The summed E-state index contributed by atoms with van der Waals surface area (Å²) in [7, 11) is 0. The van der Waals surface area contributed by atoms with Gasteiger partial charge in [-0.3, -0.25) is 0 Å². The van der Waals surface area contributed by atoms with Crippen molar-refractivity contribution in [3.8, 4) is 5.75 Å². The Labute approximate surface area is 123 Å². The molecule has 0 spiro atoms. The maximum atomic E-state index is 13.1.